The number of pyridine rings is 1. The maximum absolute atomic E-state index is 5.43. The van der Waals surface area contributed by atoms with E-state index in [0.29, 0.717) is 23.1 Å². The minimum absolute atomic E-state index is 0.419. The first-order valence-electron chi connectivity index (χ1n) is 7.79. The highest BCUT2D eigenvalue weighted by atomic mass is 16.5. The topological polar surface area (TPSA) is 43.4 Å². The summed E-state index contributed by atoms with van der Waals surface area (Å²) in [5.41, 5.74) is 1.39. The molecular weight excluding hydrogens is 264 g/mol. The van der Waals surface area contributed by atoms with Crippen molar-refractivity contribution >= 4 is 5.69 Å². The number of rotatable bonds is 4. The van der Waals surface area contributed by atoms with Crippen molar-refractivity contribution in [1.29, 1.82) is 0 Å². The molecule has 1 aromatic heterocycles. The van der Waals surface area contributed by atoms with Gasteiger partial charge < -0.3 is 14.8 Å². The average Bonchev–Trinajstić information content (AvgIpc) is 2.46. The largest absolute Gasteiger partial charge is 0.490 e. The lowest BCUT2D eigenvalue weighted by Crippen LogP contribution is -2.31. The van der Waals surface area contributed by atoms with E-state index in [4.69, 9.17) is 9.47 Å². The Kier molecular flexibility index (Phi) is 4.96. The second-order valence-electron chi connectivity index (χ2n) is 6.96. The standard InChI is InChI=1S/C17H28N2O2/c1-17(2,3)12-6-8-13(9-7-12)19-14-10-11-18-16(21-5)15(14)20-4/h10-13H,6-9H2,1-5H3,(H,18,19)/t12-,13+. The van der Waals surface area contributed by atoms with Crippen LogP contribution in [0.25, 0.3) is 0 Å². The highest BCUT2D eigenvalue weighted by Gasteiger charge is 2.30. The van der Waals surface area contributed by atoms with E-state index in [0.717, 1.165) is 11.6 Å². The molecule has 0 unspecified atom stereocenters. The van der Waals surface area contributed by atoms with Crippen LogP contribution in [-0.2, 0) is 0 Å². The number of nitrogens with one attached hydrogen (secondary N) is 1. The fourth-order valence-electron chi connectivity index (χ4n) is 3.21. The van der Waals surface area contributed by atoms with E-state index in [-0.39, 0.29) is 0 Å². The van der Waals surface area contributed by atoms with Gasteiger partial charge >= 0.3 is 0 Å². The fraction of sp³-hybridized carbons (Fsp3) is 0.706. The summed E-state index contributed by atoms with van der Waals surface area (Å²) in [7, 11) is 3.27. The van der Waals surface area contributed by atoms with E-state index in [1.807, 2.05) is 6.07 Å². The Labute approximate surface area is 128 Å². The van der Waals surface area contributed by atoms with Gasteiger partial charge in [-0.25, -0.2) is 4.98 Å². The quantitative estimate of drug-likeness (QED) is 0.906. The SMILES string of the molecule is COc1nccc(N[C@H]2CC[C@@H](C(C)(C)C)CC2)c1OC. The molecule has 0 radical (unpaired) electrons. The van der Waals surface area contributed by atoms with Crippen molar-refractivity contribution < 1.29 is 9.47 Å². The molecule has 118 valence electrons. The summed E-state index contributed by atoms with van der Waals surface area (Å²) in [6, 6.07) is 2.46. The smallest absolute Gasteiger partial charge is 0.258 e. The van der Waals surface area contributed by atoms with Gasteiger partial charge in [0.05, 0.1) is 19.9 Å². The fourth-order valence-corrected chi connectivity index (χ4v) is 3.21. The van der Waals surface area contributed by atoms with E-state index < -0.39 is 0 Å². The molecule has 1 aliphatic carbocycles. The maximum Gasteiger partial charge on any atom is 0.258 e. The van der Waals surface area contributed by atoms with Crippen molar-refractivity contribution in [2.24, 2.45) is 11.3 Å². The molecule has 1 saturated carbocycles. The van der Waals surface area contributed by atoms with E-state index in [9.17, 15) is 0 Å². The predicted molar refractivity (Wildman–Crippen MR) is 86.2 cm³/mol. The van der Waals surface area contributed by atoms with Gasteiger partial charge in [-0.1, -0.05) is 20.8 Å². The highest BCUT2D eigenvalue weighted by Crippen LogP contribution is 2.40. The predicted octanol–water partition coefficient (Wildman–Crippen LogP) is 4.12. The lowest BCUT2D eigenvalue weighted by Gasteiger charge is -2.37. The summed E-state index contributed by atoms with van der Waals surface area (Å²) in [5.74, 6) is 2.05. The second-order valence-corrected chi connectivity index (χ2v) is 6.96. The highest BCUT2D eigenvalue weighted by molar-refractivity contribution is 5.60. The summed E-state index contributed by atoms with van der Waals surface area (Å²) >= 11 is 0. The Balaban J connectivity index is 2.01. The van der Waals surface area contributed by atoms with Crippen LogP contribution < -0.4 is 14.8 Å². The molecule has 0 saturated heterocycles. The lowest BCUT2D eigenvalue weighted by atomic mass is 9.71. The molecule has 0 aromatic carbocycles. The van der Waals surface area contributed by atoms with Crippen LogP contribution in [0, 0.1) is 11.3 Å². The van der Waals surface area contributed by atoms with Crippen LogP contribution in [0.2, 0.25) is 0 Å². The Morgan fingerprint density at radius 2 is 1.76 bits per heavy atom. The van der Waals surface area contributed by atoms with Crippen LogP contribution in [0.15, 0.2) is 12.3 Å². The molecule has 0 bridgehead atoms. The molecule has 1 fully saturated rings. The monoisotopic (exact) mass is 292 g/mol. The number of methoxy groups -OCH3 is 2. The first kappa shape index (κ1) is 15.9. The summed E-state index contributed by atoms with van der Waals surface area (Å²) in [6.07, 6.45) is 6.73. The Morgan fingerprint density at radius 3 is 2.29 bits per heavy atom. The van der Waals surface area contributed by atoms with Crippen LogP contribution >= 0.6 is 0 Å². The average molecular weight is 292 g/mol. The molecule has 4 heteroatoms. The number of hydrogen-bond donors (Lipinski definition) is 1. The molecule has 4 nitrogen and oxygen atoms in total. The van der Waals surface area contributed by atoms with Crippen molar-refractivity contribution in [3.05, 3.63) is 12.3 Å². The van der Waals surface area contributed by atoms with Gasteiger partial charge in [0.1, 0.15) is 0 Å². The van der Waals surface area contributed by atoms with Crippen molar-refractivity contribution in [1.82, 2.24) is 4.98 Å². The molecule has 1 aromatic rings. The third-order valence-electron chi connectivity index (χ3n) is 4.58. The van der Waals surface area contributed by atoms with Crippen molar-refractivity contribution in [3.8, 4) is 11.6 Å². The van der Waals surface area contributed by atoms with Gasteiger partial charge in [0.2, 0.25) is 5.75 Å². The van der Waals surface area contributed by atoms with Crippen molar-refractivity contribution in [3.63, 3.8) is 0 Å². The van der Waals surface area contributed by atoms with E-state index in [1.54, 1.807) is 20.4 Å². The van der Waals surface area contributed by atoms with Crippen LogP contribution in [0.3, 0.4) is 0 Å². The van der Waals surface area contributed by atoms with Crippen LogP contribution in [-0.4, -0.2) is 25.2 Å². The van der Waals surface area contributed by atoms with E-state index in [1.165, 1.54) is 25.7 Å². The van der Waals surface area contributed by atoms with Gasteiger partial charge in [-0.2, -0.15) is 0 Å². The van der Waals surface area contributed by atoms with Crippen LogP contribution in [0.5, 0.6) is 11.6 Å². The summed E-state index contributed by atoms with van der Waals surface area (Å²) in [4.78, 5) is 4.18. The molecular formula is C17H28N2O2. The Hall–Kier alpha value is -1.45. The number of anilines is 1. The zero-order valence-electron chi connectivity index (χ0n) is 13.9. The van der Waals surface area contributed by atoms with Gasteiger partial charge in [-0.05, 0) is 43.1 Å². The van der Waals surface area contributed by atoms with Crippen LogP contribution in [0.4, 0.5) is 5.69 Å². The molecule has 0 spiro atoms. The van der Waals surface area contributed by atoms with Crippen molar-refractivity contribution in [2.45, 2.75) is 52.5 Å². The minimum Gasteiger partial charge on any atom is -0.490 e. The third-order valence-corrected chi connectivity index (χ3v) is 4.58. The zero-order chi connectivity index (χ0) is 15.5. The molecule has 1 N–H and O–H groups in total. The first-order valence-corrected chi connectivity index (χ1v) is 7.79. The molecule has 1 heterocycles. The molecule has 21 heavy (non-hydrogen) atoms. The van der Waals surface area contributed by atoms with E-state index >= 15 is 0 Å². The van der Waals surface area contributed by atoms with Crippen LogP contribution in [0.1, 0.15) is 46.5 Å². The van der Waals surface area contributed by atoms with Gasteiger partial charge in [0.15, 0.2) is 0 Å². The molecule has 1 aliphatic rings. The number of nitrogens with zero attached hydrogens (tertiary/aromatic N) is 1. The summed E-state index contributed by atoms with van der Waals surface area (Å²) in [6.45, 7) is 7.05. The first-order chi connectivity index (χ1) is 9.95. The summed E-state index contributed by atoms with van der Waals surface area (Å²) in [5, 5.41) is 3.60. The van der Waals surface area contributed by atoms with E-state index in [2.05, 4.69) is 31.1 Å². The number of ether oxygens (including phenoxy) is 2. The number of aromatic nitrogens is 1. The molecule has 0 amide bonds. The molecule has 0 aliphatic heterocycles. The maximum atomic E-state index is 5.43. The Bertz CT molecular complexity index is 460. The molecule has 2 rings (SSSR count). The lowest BCUT2D eigenvalue weighted by molar-refractivity contribution is 0.173. The van der Waals surface area contributed by atoms with Gasteiger partial charge in [0.25, 0.3) is 5.88 Å². The van der Waals surface area contributed by atoms with Gasteiger partial charge in [-0.15, -0.1) is 0 Å². The Morgan fingerprint density at radius 1 is 1.10 bits per heavy atom. The second kappa shape index (κ2) is 6.54. The zero-order valence-corrected chi connectivity index (χ0v) is 13.9. The van der Waals surface area contributed by atoms with Gasteiger partial charge in [0, 0.05) is 12.2 Å². The minimum atomic E-state index is 0.419. The van der Waals surface area contributed by atoms with Crippen molar-refractivity contribution in [2.75, 3.05) is 19.5 Å². The number of hydrogen-bond acceptors (Lipinski definition) is 4. The third kappa shape index (κ3) is 3.80. The van der Waals surface area contributed by atoms with Gasteiger partial charge in [-0.3, -0.25) is 0 Å². The normalized spacial score (nSPS) is 22.7. The summed E-state index contributed by atoms with van der Waals surface area (Å²) < 4.78 is 10.7. The molecule has 0 atom stereocenters.